The molecule has 0 bridgehead atoms. The minimum atomic E-state index is -0.754. The molecule has 0 spiro atoms. The summed E-state index contributed by atoms with van der Waals surface area (Å²) in [6.07, 6.45) is 0. The molecule has 0 aliphatic rings. The summed E-state index contributed by atoms with van der Waals surface area (Å²) in [6.45, 7) is 6.54. The van der Waals surface area contributed by atoms with Crippen molar-refractivity contribution in [2.75, 3.05) is 32.2 Å². The molecule has 2 aromatic rings. The first-order chi connectivity index (χ1) is 15.4. The molecule has 0 heterocycles. The lowest BCUT2D eigenvalue weighted by molar-refractivity contribution is 0.0601. The number of nitrogens with one attached hydrogen (secondary N) is 3. The Kier molecular flexibility index (Phi) is 9.15. The number of hydrogen-bond acceptors (Lipinski definition) is 7. The van der Waals surface area contributed by atoms with Gasteiger partial charge in [-0.2, -0.15) is 0 Å². The van der Waals surface area contributed by atoms with Crippen LogP contribution in [0.25, 0.3) is 0 Å². The van der Waals surface area contributed by atoms with Gasteiger partial charge in [0, 0.05) is 5.56 Å². The van der Waals surface area contributed by atoms with E-state index in [1.165, 1.54) is 31.4 Å². The Labute approximate surface area is 186 Å². The standard InChI is InChI=1S/C22H27N3O7/c1-5-30-17-12-14(13-18(31-6-2)19(17)32-7-3)20(26)24-25-22(28)23-16-11-9-8-10-15(16)21(27)29-4/h8-13H,5-7H2,1-4H3,(H,24,26)(H2,23,25,28). The maximum atomic E-state index is 12.6. The predicted octanol–water partition coefficient (Wildman–Crippen LogP) is 3.14. The molecule has 2 aromatic carbocycles. The van der Waals surface area contributed by atoms with Crippen LogP contribution < -0.4 is 30.4 Å². The Bertz CT molecular complexity index is 935. The normalized spacial score (nSPS) is 10.0. The van der Waals surface area contributed by atoms with Gasteiger partial charge in [-0.1, -0.05) is 12.1 Å². The molecule has 10 heteroatoms. The second kappa shape index (κ2) is 12.0. The van der Waals surface area contributed by atoms with Crippen molar-refractivity contribution in [1.29, 1.82) is 0 Å². The van der Waals surface area contributed by atoms with Crippen molar-refractivity contribution in [2.45, 2.75) is 20.8 Å². The molecule has 0 saturated carbocycles. The number of hydrazine groups is 1. The molecule has 0 aromatic heterocycles. The molecule has 0 unspecified atom stereocenters. The van der Waals surface area contributed by atoms with Crippen LogP contribution in [0.1, 0.15) is 41.5 Å². The number of rotatable bonds is 9. The van der Waals surface area contributed by atoms with E-state index >= 15 is 0 Å². The van der Waals surface area contributed by atoms with Crippen LogP contribution >= 0.6 is 0 Å². The predicted molar refractivity (Wildman–Crippen MR) is 117 cm³/mol. The van der Waals surface area contributed by atoms with Gasteiger partial charge in [0.1, 0.15) is 0 Å². The van der Waals surface area contributed by atoms with E-state index in [-0.39, 0.29) is 16.8 Å². The lowest BCUT2D eigenvalue weighted by Gasteiger charge is -2.17. The molecule has 3 N–H and O–H groups in total. The van der Waals surface area contributed by atoms with E-state index in [2.05, 4.69) is 20.9 Å². The molecule has 32 heavy (non-hydrogen) atoms. The largest absolute Gasteiger partial charge is 0.490 e. The topological polar surface area (TPSA) is 124 Å². The maximum Gasteiger partial charge on any atom is 0.339 e. The van der Waals surface area contributed by atoms with Crippen molar-refractivity contribution in [3.05, 3.63) is 47.5 Å². The molecule has 0 fully saturated rings. The Balaban J connectivity index is 2.14. The fourth-order valence-electron chi connectivity index (χ4n) is 2.74. The zero-order chi connectivity index (χ0) is 23.5. The van der Waals surface area contributed by atoms with E-state index in [0.717, 1.165) is 0 Å². The molecule has 2 rings (SSSR count). The van der Waals surface area contributed by atoms with Gasteiger partial charge in [-0.3, -0.25) is 10.2 Å². The zero-order valence-corrected chi connectivity index (χ0v) is 18.4. The number of carbonyl (C=O) groups excluding carboxylic acids is 3. The van der Waals surface area contributed by atoms with Crippen molar-refractivity contribution in [3.63, 3.8) is 0 Å². The number of anilines is 1. The van der Waals surface area contributed by atoms with Crippen LogP contribution in [0.4, 0.5) is 10.5 Å². The van der Waals surface area contributed by atoms with E-state index in [1.54, 1.807) is 26.0 Å². The van der Waals surface area contributed by atoms with Crippen molar-refractivity contribution in [1.82, 2.24) is 10.9 Å². The summed E-state index contributed by atoms with van der Waals surface area (Å²) in [5.74, 6) is -0.112. The van der Waals surface area contributed by atoms with Crippen LogP contribution in [0.2, 0.25) is 0 Å². The molecule has 0 aliphatic carbocycles. The Morgan fingerprint density at radius 1 is 0.844 bits per heavy atom. The number of para-hydroxylation sites is 1. The van der Waals surface area contributed by atoms with E-state index in [9.17, 15) is 14.4 Å². The van der Waals surface area contributed by atoms with E-state index in [4.69, 9.17) is 14.2 Å². The fourth-order valence-corrected chi connectivity index (χ4v) is 2.74. The maximum absolute atomic E-state index is 12.6. The third kappa shape index (κ3) is 6.27. The van der Waals surface area contributed by atoms with Gasteiger partial charge >= 0.3 is 12.0 Å². The number of methoxy groups -OCH3 is 1. The number of hydrogen-bond donors (Lipinski definition) is 3. The summed E-state index contributed by atoms with van der Waals surface area (Å²) in [6, 6.07) is 8.56. The smallest absolute Gasteiger partial charge is 0.339 e. The molecule has 0 aliphatic heterocycles. The summed E-state index contributed by atoms with van der Waals surface area (Å²) in [7, 11) is 1.24. The molecule has 3 amide bonds. The van der Waals surface area contributed by atoms with Crippen LogP contribution in [0.5, 0.6) is 17.2 Å². The number of urea groups is 1. The Morgan fingerprint density at radius 2 is 1.44 bits per heavy atom. The summed E-state index contributed by atoms with van der Waals surface area (Å²) >= 11 is 0. The SMILES string of the molecule is CCOc1cc(C(=O)NNC(=O)Nc2ccccc2C(=O)OC)cc(OCC)c1OCC. The average molecular weight is 445 g/mol. The van der Waals surface area contributed by atoms with Crippen LogP contribution in [0.3, 0.4) is 0 Å². The molecule has 172 valence electrons. The van der Waals surface area contributed by atoms with E-state index < -0.39 is 17.9 Å². The number of benzene rings is 2. The molecule has 0 radical (unpaired) electrons. The summed E-state index contributed by atoms with van der Waals surface area (Å²) in [5.41, 5.74) is 5.13. The van der Waals surface area contributed by atoms with Crippen LogP contribution in [0.15, 0.2) is 36.4 Å². The highest BCUT2D eigenvalue weighted by molar-refractivity contribution is 6.02. The molecular formula is C22H27N3O7. The van der Waals surface area contributed by atoms with Crippen molar-refractivity contribution < 1.29 is 33.3 Å². The van der Waals surface area contributed by atoms with Crippen LogP contribution in [0, 0.1) is 0 Å². The van der Waals surface area contributed by atoms with Gasteiger partial charge in [-0.15, -0.1) is 0 Å². The van der Waals surface area contributed by atoms with Crippen molar-refractivity contribution >= 4 is 23.6 Å². The summed E-state index contributed by atoms with van der Waals surface area (Å²) < 4.78 is 21.5. The summed E-state index contributed by atoms with van der Waals surface area (Å²) in [5, 5.41) is 2.49. The highest BCUT2D eigenvalue weighted by Gasteiger charge is 2.19. The number of carbonyl (C=O) groups is 3. The van der Waals surface area contributed by atoms with Gasteiger partial charge in [0.2, 0.25) is 5.75 Å². The van der Waals surface area contributed by atoms with Gasteiger partial charge in [0.05, 0.1) is 38.2 Å². The minimum Gasteiger partial charge on any atom is -0.490 e. The summed E-state index contributed by atoms with van der Waals surface area (Å²) in [4.78, 5) is 36.7. The van der Waals surface area contributed by atoms with E-state index in [0.29, 0.717) is 37.1 Å². The van der Waals surface area contributed by atoms with Crippen LogP contribution in [-0.4, -0.2) is 44.8 Å². The fraction of sp³-hybridized carbons (Fsp3) is 0.318. The lowest BCUT2D eigenvalue weighted by atomic mass is 10.1. The second-order valence-corrected chi connectivity index (χ2v) is 6.17. The van der Waals surface area contributed by atoms with Gasteiger partial charge in [-0.25, -0.2) is 15.0 Å². The highest BCUT2D eigenvalue weighted by Crippen LogP contribution is 2.39. The third-order valence-corrected chi connectivity index (χ3v) is 4.04. The second-order valence-electron chi connectivity index (χ2n) is 6.17. The monoisotopic (exact) mass is 445 g/mol. The van der Waals surface area contributed by atoms with Gasteiger partial charge < -0.3 is 24.3 Å². The van der Waals surface area contributed by atoms with Crippen molar-refractivity contribution in [3.8, 4) is 17.2 Å². The quantitative estimate of drug-likeness (QED) is 0.400. The molecule has 0 atom stereocenters. The average Bonchev–Trinajstić information content (AvgIpc) is 2.79. The van der Waals surface area contributed by atoms with E-state index in [1.807, 2.05) is 6.92 Å². The number of ether oxygens (including phenoxy) is 4. The van der Waals surface area contributed by atoms with Gasteiger partial charge in [-0.05, 0) is 45.0 Å². The highest BCUT2D eigenvalue weighted by atomic mass is 16.5. The minimum absolute atomic E-state index is 0.172. The zero-order valence-electron chi connectivity index (χ0n) is 18.4. The third-order valence-electron chi connectivity index (χ3n) is 4.04. The lowest BCUT2D eigenvalue weighted by Crippen LogP contribution is -2.44. The van der Waals surface area contributed by atoms with Crippen molar-refractivity contribution in [2.24, 2.45) is 0 Å². The number of amides is 3. The first-order valence-electron chi connectivity index (χ1n) is 10.1. The van der Waals surface area contributed by atoms with Gasteiger partial charge in [0.25, 0.3) is 5.91 Å². The Hall–Kier alpha value is -3.95. The van der Waals surface area contributed by atoms with Gasteiger partial charge in [0.15, 0.2) is 11.5 Å². The number of esters is 1. The first kappa shape index (κ1) is 24.3. The molecular weight excluding hydrogens is 418 g/mol. The molecule has 10 nitrogen and oxygen atoms in total. The molecule has 0 saturated heterocycles. The van der Waals surface area contributed by atoms with Crippen LogP contribution in [-0.2, 0) is 4.74 Å². The first-order valence-corrected chi connectivity index (χ1v) is 10.1. The Morgan fingerprint density at radius 3 is 2.00 bits per heavy atom.